The Morgan fingerprint density at radius 1 is 1.00 bits per heavy atom. The molecular weight excluding hydrogens is 250 g/mol. The summed E-state index contributed by atoms with van der Waals surface area (Å²) in [5.74, 6) is 0.889. The van der Waals surface area contributed by atoms with E-state index in [2.05, 4.69) is 36.4 Å². The molecule has 0 aliphatic rings. The molecule has 2 aromatic carbocycles. The van der Waals surface area contributed by atoms with Gasteiger partial charge in [0, 0.05) is 17.5 Å². The van der Waals surface area contributed by atoms with Gasteiger partial charge in [0.2, 0.25) is 0 Å². The zero-order chi connectivity index (χ0) is 13.8. The van der Waals surface area contributed by atoms with E-state index < -0.39 is 0 Å². The van der Waals surface area contributed by atoms with Gasteiger partial charge in [0.15, 0.2) is 0 Å². The van der Waals surface area contributed by atoms with Crippen molar-refractivity contribution in [1.82, 2.24) is 0 Å². The highest BCUT2D eigenvalue weighted by Crippen LogP contribution is 2.27. The van der Waals surface area contributed by atoms with Crippen molar-refractivity contribution < 1.29 is 9.15 Å². The van der Waals surface area contributed by atoms with Gasteiger partial charge in [0.25, 0.3) is 0 Å². The minimum atomic E-state index is 0.553. The Morgan fingerprint density at radius 2 is 1.80 bits per heavy atom. The molecule has 3 heteroatoms. The van der Waals surface area contributed by atoms with Crippen LogP contribution in [-0.2, 0) is 11.3 Å². The first-order valence-electron chi connectivity index (χ1n) is 6.72. The number of benzene rings is 2. The van der Waals surface area contributed by atoms with Gasteiger partial charge in [0.1, 0.15) is 11.3 Å². The second kappa shape index (κ2) is 5.90. The van der Waals surface area contributed by atoms with Crippen molar-refractivity contribution in [2.45, 2.75) is 6.61 Å². The maximum Gasteiger partial charge on any atom is 0.135 e. The van der Waals surface area contributed by atoms with E-state index in [1.165, 1.54) is 0 Å². The highest BCUT2D eigenvalue weighted by Gasteiger charge is 2.05. The monoisotopic (exact) mass is 267 g/mol. The average molecular weight is 267 g/mol. The summed E-state index contributed by atoms with van der Waals surface area (Å²) in [6, 6.07) is 18.3. The maximum atomic E-state index is 5.84. The van der Waals surface area contributed by atoms with E-state index in [4.69, 9.17) is 14.9 Å². The summed E-state index contributed by atoms with van der Waals surface area (Å²) in [5.41, 5.74) is 8.52. The van der Waals surface area contributed by atoms with Crippen LogP contribution in [0.15, 0.2) is 59.0 Å². The molecule has 0 radical (unpaired) electrons. The molecule has 0 saturated carbocycles. The van der Waals surface area contributed by atoms with Crippen LogP contribution in [0.2, 0.25) is 0 Å². The summed E-state index contributed by atoms with van der Waals surface area (Å²) in [6.07, 6.45) is 0. The second-order valence-corrected chi connectivity index (χ2v) is 4.69. The smallest absolute Gasteiger partial charge is 0.135 e. The fourth-order valence-corrected chi connectivity index (χ4v) is 2.16. The molecule has 0 spiro atoms. The van der Waals surface area contributed by atoms with Crippen LogP contribution >= 0.6 is 0 Å². The van der Waals surface area contributed by atoms with Gasteiger partial charge in [-0.05, 0) is 17.7 Å². The van der Waals surface area contributed by atoms with Crippen molar-refractivity contribution in [2.75, 3.05) is 13.2 Å². The normalized spacial score (nSPS) is 11.1. The Balaban J connectivity index is 1.79. The van der Waals surface area contributed by atoms with Crippen LogP contribution in [0.4, 0.5) is 0 Å². The number of para-hydroxylation sites is 1. The van der Waals surface area contributed by atoms with Crippen molar-refractivity contribution in [1.29, 1.82) is 0 Å². The Hall–Kier alpha value is -2.10. The molecule has 20 heavy (non-hydrogen) atoms. The Morgan fingerprint density at radius 3 is 2.55 bits per heavy atom. The molecule has 3 rings (SSSR count). The van der Waals surface area contributed by atoms with Crippen LogP contribution in [0.1, 0.15) is 5.56 Å². The van der Waals surface area contributed by atoms with Crippen LogP contribution < -0.4 is 5.73 Å². The molecule has 2 N–H and O–H groups in total. The summed E-state index contributed by atoms with van der Waals surface area (Å²) >= 11 is 0. The van der Waals surface area contributed by atoms with Gasteiger partial charge in [-0.3, -0.25) is 0 Å². The number of ether oxygens (including phenoxy) is 1. The van der Waals surface area contributed by atoms with Crippen LogP contribution in [0.3, 0.4) is 0 Å². The van der Waals surface area contributed by atoms with E-state index in [1.54, 1.807) is 0 Å². The summed E-state index contributed by atoms with van der Waals surface area (Å²) in [7, 11) is 0. The van der Waals surface area contributed by atoms with Crippen molar-refractivity contribution in [3.8, 4) is 11.3 Å². The quantitative estimate of drug-likeness (QED) is 0.719. The number of fused-ring (bicyclic) bond motifs is 1. The van der Waals surface area contributed by atoms with E-state index in [1.807, 2.05) is 18.2 Å². The third-order valence-corrected chi connectivity index (χ3v) is 3.19. The molecule has 0 unspecified atom stereocenters. The fourth-order valence-electron chi connectivity index (χ4n) is 2.16. The van der Waals surface area contributed by atoms with Crippen molar-refractivity contribution in [3.05, 3.63) is 60.2 Å². The van der Waals surface area contributed by atoms with Crippen LogP contribution in [-0.4, -0.2) is 13.2 Å². The van der Waals surface area contributed by atoms with Crippen molar-refractivity contribution in [3.63, 3.8) is 0 Å². The SMILES string of the molecule is NCCOCc1ccc(-c2cc3ccccc3o2)cc1. The lowest BCUT2D eigenvalue weighted by atomic mass is 10.1. The largest absolute Gasteiger partial charge is 0.456 e. The van der Waals surface area contributed by atoms with Gasteiger partial charge in [-0.25, -0.2) is 0 Å². The van der Waals surface area contributed by atoms with E-state index >= 15 is 0 Å². The molecule has 0 bridgehead atoms. The molecule has 3 aromatic rings. The van der Waals surface area contributed by atoms with Gasteiger partial charge in [-0.15, -0.1) is 0 Å². The topological polar surface area (TPSA) is 48.4 Å². The van der Waals surface area contributed by atoms with Crippen molar-refractivity contribution in [2.24, 2.45) is 5.73 Å². The minimum Gasteiger partial charge on any atom is -0.456 e. The van der Waals surface area contributed by atoms with Gasteiger partial charge in [-0.2, -0.15) is 0 Å². The van der Waals surface area contributed by atoms with Crippen molar-refractivity contribution >= 4 is 11.0 Å². The predicted molar refractivity (Wildman–Crippen MR) is 80.4 cm³/mol. The van der Waals surface area contributed by atoms with E-state index in [0.29, 0.717) is 19.8 Å². The first-order chi connectivity index (χ1) is 9.86. The lowest BCUT2D eigenvalue weighted by Gasteiger charge is -2.03. The van der Waals surface area contributed by atoms with E-state index in [9.17, 15) is 0 Å². The van der Waals surface area contributed by atoms with Gasteiger partial charge >= 0.3 is 0 Å². The predicted octanol–water partition coefficient (Wildman–Crippen LogP) is 3.58. The molecule has 0 fully saturated rings. The van der Waals surface area contributed by atoms with Gasteiger partial charge < -0.3 is 14.9 Å². The van der Waals surface area contributed by atoms with Gasteiger partial charge in [0.05, 0.1) is 13.2 Å². The van der Waals surface area contributed by atoms with Crippen LogP contribution in [0.25, 0.3) is 22.3 Å². The average Bonchev–Trinajstić information content (AvgIpc) is 2.92. The summed E-state index contributed by atoms with van der Waals surface area (Å²) in [4.78, 5) is 0. The Bertz CT molecular complexity index is 653. The molecule has 3 nitrogen and oxygen atoms in total. The summed E-state index contributed by atoms with van der Waals surface area (Å²) in [6.45, 7) is 1.74. The third-order valence-electron chi connectivity index (χ3n) is 3.19. The molecule has 102 valence electrons. The first-order valence-corrected chi connectivity index (χ1v) is 6.72. The summed E-state index contributed by atoms with van der Waals surface area (Å²) < 4.78 is 11.3. The number of rotatable bonds is 5. The van der Waals surface area contributed by atoms with Crippen LogP contribution in [0, 0.1) is 0 Å². The second-order valence-electron chi connectivity index (χ2n) is 4.69. The standard InChI is InChI=1S/C17H17NO2/c18-9-10-19-12-13-5-7-14(8-6-13)17-11-15-3-1-2-4-16(15)20-17/h1-8,11H,9-10,12,18H2. The molecular formula is C17H17NO2. The van der Waals surface area contributed by atoms with E-state index in [0.717, 1.165) is 27.9 Å². The van der Waals surface area contributed by atoms with E-state index in [-0.39, 0.29) is 0 Å². The fraction of sp³-hybridized carbons (Fsp3) is 0.176. The zero-order valence-electron chi connectivity index (χ0n) is 11.2. The molecule has 0 atom stereocenters. The number of nitrogens with two attached hydrogens (primary N) is 1. The van der Waals surface area contributed by atoms with Gasteiger partial charge in [-0.1, -0.05) is 42.5 Å². The maximum absolute atomic E-state index is 5.84. The summed E-state index contributed by atoms with van der Waals surface area (Å²) in [5, 5.41) is 1.12. The zero-order valence-corrected chi connectivity index (χ0v) is 11.2. The highest BCUT2D eigenvalue weighted by atomic mass is 16.5. The molecule has 0 saturated heterocycles. The lowest BCUT2D eigenvalue weighted by Crippen LogP contribution is -2.08. The van der Waals surface area contributed by atoms with Crippen LogP contribution in [0.5, 0.6) is 0 Å². The number of hydrogen-bond donors (Lipinski definition) is 1. The first kappa shape index (κ1) is 12.9. The molecule has 0 aliphatic carbocycles. The molecule has 1 heterocycles. The molecule has 0 amide bonds. The highest BCUT2D eigenvalue weighted by molar-refractivity contribution is 5.82. The Labute approximate surface area is 118 Å². The minimum absolute atomic E-state index is 0.553. The Kier molecular flexibility index (Phi) is 3.81. The number of hydrogen-bond acceptors (Lipinski definition) is 3. The lowest BCUT2D eigenvalue weighted by molar-refractivity contribution is 0.128. The molecule has 0 aliphatic heterocycles. The number of furan rings is 1. The third kappa shape index (κ3) is 2.74. The molecule has 1 aromatic heterocycles.